The van der Waals surface area contributed by atoms with Crippen molar-refractivity contribution < 1.29 is 0 Å². The third kappa shape index (κ3) is 1.87. The number of hydrogen-bond acceptors (Lipinski definition) is 3. The van der Waals surface area contributed by atoms with Crippen LogP contribution in [0.5, 0.6) is 0 Å². The van der Waals surface area contributed by atoms with Gasteiger partial charge in [-0.25, -0.2) is 4.68 Å². The van der Waals surface area contributed by atoms with Gasteiger partial charge in [-0.1, -0.05) is 35.5 Å². The smallest absolute Gasteiger partial charge is 0.0995 e. The predicted molar refractivity (Wildman–Crippen MR) is 71.5 cm³/mol. The molecule has 0 saturated carbocycles. The van der Waals surface area contributed by atoms with Gasteiger partial charge in [0.25, 0.3) is 0 Å². The van der Waals surface area contributed by atoms with Crippen molar-refractivity contribution >= 4 is 10.8 Å². The Labute approximate surface area is 105 Å². The lowest BCUT2D eigenvalue weighted by Crippen LogP contribution is -2.04. The van der Waals surface area contributed by atoms with E-state index in [0.29, 0.717) is 0 Å². The fourth-order valence-corrected chi connectivity index (χ4v) is 1.93. The molecule has 0 aliphatic rings. The molecule has 0 spiro atoms. The lowest BCUT2D eigenvalue weighted by atomic mass is 10.1. The second kappa shape index (κ2) is 4.23. The number of nitrogens with two attached hydrogens (primary N) is 1. The lowest BCUT2D eigenvalue weighted by Gasteiger charge is -2.02. The summed E-state index contributed by atoms with van der Waals surface area (Å²) in [6.07, 6.45) is 1.87. The van der Waals surface area contributed by atoms with Gasteiger partial charge in [0.05, 0.1) is 17.6 Å². The van der Waals surface area contributed by atoms with Crippen molar-refractivity contribution in [1.29, 1.82) is 0 Å². The third-order valence-electron chi connectivity index (χ3n) is 2.98. The second-order valence-corrected chi connectivity index (χ2v) is 4.41. The molecular formula is C14H14N4. The maximum absolute atomic E-state index is 5.78. The van der Waals surface area contributed by atoms with E-state index in [2.05, 4.69) is 34.6 Å². The van der Waals surface area contributed by atoms with Crippen LogP contribution in [-0.2, 0) is 0 Å². The van der Waals surface area contributed by atoms with E-state index in [1.54, 1.807) is 4.68 Å². The zero-order valence-corrected chi connectivity index (χ0v) is 10.1. The van der Waals surface area contributed by atoms with Crippen molar-refractivity contribution in [2.45, 2.75) is 13.0 Å². The molecule has 1 aromatic heterocycles. The molecule has 1 atom stereocenters. The quantitative estimate of drug-likeness (QED) is 0.746. The highest BCUT2D eigenvalue weighted by molar-refractivity contribution is 5.84. The minimum absolute atomic E-state index is 0.0980. The van der Waals surface area contributed by atoms with Gasteiger partial charge in [-0.3, -0.25) is 0 Å². The predicted octanol–water partition coefficient (Wildman–Crippen LogP) is 2.44. The van der Waals surface area contributed by atoms with Gasteiger partial charge in [0.2, 0.25) is 0 Å². The van der Waals surface area contributed by atoms with E-state index in [0.717, 1.165) is 11.4 Å². The molecule has 0 aliphatic carbocycles. The SMILES string of the molecule is CC(N)c1cn(-c2ccc3ccccc3c2)nn1. The minimum Gasteiger partial charge on any atom is -0.323 e. The molecule has 3 aromatic rings. The molecule has 90 valence electrons. The van der Waals surface area contributed by atoms with E-state index in [9.17, 15) is 0 Å². The van der Waals surface area contributed by atoms with E-state index in [-0.39, 0.29) is 6.04 Å². The van der Waals surface area contributed by atoms with Crippen LogP contribution in [0.25, 0.3) is 16.5 Å². The number of fused-ring (bicyclic) bond motifs is 1. The molecule has 4 heteroatoms. The highest BCUT2D eigenvalue weighted by Crippen LogP contribution is 2.18. The van der Waals surface area contributed by atoms with Crippen LogP contribution in [0.4, 0.5) is 0 Å². The summed E-state index contributed by atoms with van der Waals surface area (Å²) in [6, 6.07) is 14.3. The summed E-state index contributed by atoms with van der Waals surface area (Å²) >= 11 is 0. The van der Waals surface area contributed by atoms with Crippen LogP contribution in [0.3, 0.4) is 0 Å². The van der Waals surface area contributed by atoms with E-state index in [4.69, 9.17) is 5.73 Å². The van der Waals surface area contributed by atoms with E-state index in [1.165, 1.54) is 10.8 Å². The van der Waals surface area contributed by atoms with Crippen LogP contribution in [-0.4, -0.2) is 15.0 Å². The summed E-state index contributed by atoms with van der Waals surface area (Å²) in [7, 11) is 0. The monoisotopic (exact) mass is 238 g/mol. The average Bonchev–Trinajstić information content (AvgIpc) is 2.88. The van der Waals surface area contributed by atoms with Gasteiger partial charge in [0, 0.05) is 6.04 Å². The van der Waals surface area contributed by atoms with E-state index in [1.807, 2.05) is 31.3 Å². The van der Waals surface area contributed by atoms with Crippen LogP contribution in [0.1, 0.15) is 18.7 Å². The Balaban J connectivity index is 2.07. The molecule has 0 radical (unpaired) electrons. The molecule has 0 bridgehead atoms. The highest BCUT2D eigenvalue weighted by atomic mass is 15.4. The van der Waals surface area contributed by atoms with Crippen LogP contribution < -0.4 is 5.73 Å². The molecule has 0 amide bonds. The van der Waals surface area contributed by atoms with Gasteiger partial charge in [-0.05, 0) is 29.8 Å². The Hall–Kier alpha value is -2.20. The molecule has 1 heterocycles. The molecular weight excluding hydrogens is 224 g/mol. The van der Waals surface area contributed by atoms with Crippen molar-refractivity contribution in [3.8, 4) is 5.69 Å². The Kier molecular flexibility index (Phi) is 2.57. The normalized spacial score (nSPS) is 12.8. The molecule has 4 nitrogen and oxygen atoms in total. The van der Waals surface area contributed by atoms with E-state index >= 15 is 0 Å². The first kappa shape index (κ1) is 10.9. The van der Waals surface area contributed by atoms with Gasteiger partial charge in [-0.2, -0.15) is 0 Å². The number of hydrogen-bond donors (Lipinski definition) is 1. The number of benzene rings is 2. The van der Waals surface area contributed by atoms with Crippen molar-refractivity contribution in [2.75, 3.05) is 0 Å². The molecule has 1 unspecified atom stereocenters. The minimum atomic E-state index is -0.0980. The van der Waals surface area contributed by atoms with Gasteiger partial charge >= 0.3 is 0 Å². The van der Waals surface area contributed by atoms with Crippen molar-refractivity contribution in [1.82, 2.24) is 15.0 Å². The van der Waals surface area contributed by atoms with Crippen molar-refractivity contribution in [3.63, 3.8) is 0 Å². The molecule has 3 rings (SSSR count). The Morgan fingerprint density at radius 2 is 1.89 bits per heavy atom. The number of aromatic nitrogens is 3. The third-order valence-corrected chi connectivity index (χ3v) is 2.98. The highest BCUT2D eigenvalue weighted by Gasteiger charge is 2.06. The summed E-state index contributed by atoms with van der Waals surface area (Å²) in [6.45, 7) is 1.90. The molecule has 2 aromatic carbocycles. The van der Waals surface area contributed by atoms with Gasteiger partial charge in [-0.15, -0.1) is 5.10 Å². The van der Waals surface area contributed by atoms with Gasteiger partial charge < -0.3 is 5.73 Å². The summed E-state index contributed by atoms with van der Waals surface area (Å²) in [4.78, 5) is 0. The lowest BCUT2D eigenvalue weighted by molar-refractivity contribution is 0.757. The number of nitrogens with zero attached hydrogens (tertiary/aromatic N) is 3. The first-order chi connectivity index (χ1) is 8.74. The Morgan fingerprint density at radius 3 is 2.61 bits per heavy atom. The summed E-state index contributed by atoms with van der Waals surface area (Å²) in [5.74, 6) is 0. The molecule has 18 heavy (non-hydrogen) atoms. The van der Waals surface area contributed by atoms with Crippen LogP contribution in [0, 0.1) is 0 Å². The fraction of sp³-hybridized carbons (Fsp3) is 0.143. The van der Waals surface area contributed by atoms with E-state index < -0.39 is 0 Å². The molecule has 2 N–H and O–H groups in total. The van der Waals surface area contributed by atoms with Crippen LogP contribution in [0.15, 0.2) is 48.7 Å². The standard InChI is InChI=1S/C14H14N4/c1-10(15)14-9-18(17-16-14)13-7-6-11-4-2-3-5-12(11)8-13/h2-10H,15H2,1H3. The zero-order valence-electron chi connectivity index (χ0n) is 10.1. The summed E-state index contributed by atoms with van der Waals surface area (Å²) in [5.41, 5.74) is 7.57. The van der Waals surface area contributed by atoms with Crippen LogP contribution >= 0.6 is 0 Å². The largest absolute Gasteiger partial charge is 0.323 e. The first-order valence-electron chi connectivity index (χ1n) is 5.91. The molecule has 0 fully saturated rings. The van der Waals surface area contributed by atoms with Gasteiger partial charge in [0.15, 0.2) is 0 Å². The summed E-state index contributed by atoms with van der Waals surface area (Å²) in [5, 5.41) is 10.6. The van der Waals surface area contributed by atoms with Crippen molar-refractivity contribution in [3.05, 3.63) is 54.4 Å². The van der Waals surface area contributed by atoms with Crippen molar-refractivity contribution in [2.24, 2.45) is 5.73 Å². The molecule has 0 aliphatic heterocycles. The number of rotatable bonds is 2. The maximum Gasteiger partial charge on any atom is 0.0995 e. The second-order valence-electron chi connectivity index (χ2n) is 4.41. The van der Waals surface area contributed by atoms with Crippen LogP contribution in [0.2, 0.25) is 0 Å². The molecule has 0 saturated heterocycles. The topological polar surface area (TPSA) is 56.7 Å². The average molecular weight is 238 g/mol. The maximum atomic E-state index is 5.78. The Morgan fingerprint density at radius 1 is 1.11 bits per heavy atom. The first-order valence-corrected chi connectivity index (χ1v) is 5.91. The fourth-order valence-electron chi connectivity index (χ4n) is 1.93. The summed E-state index contributed by atoms with van der Waals surface area (Å²) < 4.78 is 1.76. The van der Waals surface area contributed by atoms with Gasteiger partial charge in [0.1, 0.15) is 0 Å². The Bertz CT molecular complexity index is 685. The zero-order chi connectivity index (χ0) is 12.5.